The van der Waals surface area contributed by atoms with E-state index in [1.54, 1.807) is 13.0 Å². The van der Waals surface area contributed by atoms with Crippen LogP contribution in [0, 0.1) is 19.7 Å². The van der Waals surface area contributed by atoms with E-state index in [0.717, 1.165) is 21.4 Å². The summed E-state index contributed by atoms with van der Waals surface area (Å²) in [5.41, 5.74) is 9.53. The van der Waals surface area contributed by atoms with Crippen molar-refractivity contribution in [2.24, 2.45) is 0 Å². The lowest BCUT2D eigenvalue weighted by molar-refractivity contribution is 0.619. The zero-order chi connectivity index (χ0) is 13.3. The van der Waals surface area contributed by atoms with Gasteiger partial charge in [-0.05, 0) is 49.2 Å². The van der Waals surface area contributed by atoms with Crippen LogP contribution in [0.15, 0.2) is 34.8 Å². The van der Waals surface area contributed by atoms with Gasteiger partial charge in [0.15, 0.2) is 0 Å². The van der Waals surface area contributed by atoms with Gasteiger partial charge in [0.2, 0.25) is 0 Å². The molecule has 2 rings (SSSR count). The molecule has 0 aliphatic rings. The van der Waals surface area contributed by atoms with Crippen LogP contribution in [-0.2, 0) is 0 Å². The van der Waals surface area contributed by atoms with Gasteiger partial charge in [-0.15, -0.1) is 0 Å². The lowest BCUT2D eigenvalue weighted by Gasteiger charge is -2.13. The molecule has 0 aliphatic heterocycles. The number of nitrogens with two attached hydrogens (primary N) is 1. The second-order valence-electron chi connectivity index (χ2n) is 4.23. The second-order valence-corrected chi connectivity index (χ2v) is 5.08. The van der Waals surface area contributed by atoms with E-state index in [0.29, 0.717) is 11.3 Å². The fraction of sp³-hybridized carbons (Fsp3) is 0.143. The van der Waals surface area contributed by atoms with E-state index >= 15 is 0 Å². The van der Waals surface area contributed by atoms with Crippen molar-refractivity contribution in [1.82, 2.24) is 0 Å². The third kappa shape index (κ3) is 2.48. The van der Waals surface area contributed by atoms with Gasteiger partial charge >= 0.3 is 0 Å². The maximum atomic E-state index is 13.3. The first kappa shape index (κ1) is 12.9. The first-order valence-electron chi connectivity index (χ1n) is 5.57. The Bertz CT molecular complexity index is 597. The highest BCUT2D eigenvalue weighted by Gasteiger charge is 2.07. The SMILES string of the molecule is Cc1cc(Nc2cccc(Br)c2C)c(N)cc1F. The monoisotopic (exact) mass is 308 g/mol. The van der Waals surface area contributed by atoms with E-state index in [4.69, 9.17) is 5.73 Å². The highest BCUT2D eigenvalue weighted by atomic mass is 79.9. The third-order valence-corrected chi connectivity index (χ3v) is 3.73. The molecule has 0 heterocycles. The van der Waals surface area contributed by atoms with E-state index < -0.39 is 0 Å². The Balaban J connectivity index is 2.40. The molecule has 0 fully saturated rings. The summed E-state index contributed by atoms with van der Waals surface area (Å²) in [5.74, 6) is -0.288. The van der Waals surface area contributed by atoms with Crippen molar-refractivity contribution < 1.29 is 4.39 Å². The zero-order valence-corrected chi connectivity index (χ0v) is 11.8. The van der Waals surface area contributed by atoms with E-state index in [1.807, 2.05) is 25.1 Å². The van der Waals surface area contributed by atoms with Crippen LogP contribution in [0.5, 0.6) is 0 Å². The maximum Gasteiger partial charge on any atom is 0.128 e. The summed E-state index contributed by atoms with van der Waals surface area (Å²) in [6.07, 6.45) is 0. The minimum atomic E-state index is -0.288. The molecule has 0 aliphatic carbocycles. The predicted octanol–water partition coefficient (Wildman–Crippen LogP) is 4.53. The molecule has 0 saturated heterocycles. The smallest absolute Gasteiger partial charge is 0.128 e. The van der Waals surface area contributed by atoms with Crippen LogP contribution in [0.25, 0.3) is 0 Å². The molecule has 0 bridgehead atoms. The standard InChI is InChI=1S/C14H14BrFN2/c1-8-6-14(12(17)7-11(8)16)18-13-5-3-4-10(15)9(13)2/h3-7,18H,17H2,1-2H3. The van der Waals surface area contributed by atoms with Crippen LogP contribution in [-0.4, -0.2) is 0 Å². The van der Waals surface area contributed by atoms with Gasteiger partial charge in [-0.1, -0.05) is 22.0 Å². The molecule has 0 aromatic heterocycles. The zero-order valence-electron chi connectivity index (χ0n) is 10.2. The average molecular weight is 309 g/mol. The summed E-state index contributed by atoms with van der Waals surface area (Å²) in [7, 11) is 0. The molecule has 3 N–H and O–H groups in total. The maximum absolute atomic E-state index is 13.3. The van der Waals surface area contributed by atoms with Crippen molar-refractivity contribution in [3.8, 4) is 0 Å². The number of halogens is 2. The fourth-order valence-corrected chi connectivity index (χ4v) is 2.06. The van der Waals surface area contributed by atoms with Crippen LogP contribution in [0.4, 0.5) is 21.5 Å². The van der Waals surface area contributed by atoms with Crippen LogP contribution < -0.4 is 11.1 Å². The molecule has 0 saturated carbocycles. The van der Waals surface area contributed by atoms with Crippen molar-refractivity contribution >= 4 is 33.0 Å². The molecule has 0 amide bonds. The molecule has 2 nitrogen and oxygen atoms in total. The van der Waals surface area contributed by atoms with E-state index in [1.165, 1.54) is 6.07 Å². The Morgan fingerprint density at radius 3 is 2.61 bits per heavy atom. The number of hydrogen-bond acceptors (Lipinski definition) is 2. The van der Waals surface area contributed by atoms with Crippen molar-refractivity contribution in [3.05, 3.63) is 51.7 Å². The van der Waals surface area contributed by atoms with Gasteiger partial charge in [0.05, 0.1) is 11.4 Å². The Morgan fingerprint density at radius 1 is 1.17 bits per heavy atom. The molecule has 0 radical (unpaired) electrons. The summed E-state index contributed by atoms with van der Waals surface area (Å²) in [5, 5.41) is 3.23. The van der Waals surface area contributed by atoms with Gasteiger partial charge in [0.25, 0.3) is 0 Å². The minimum Gasteiger partial charge on any atom is -0.397 e. The van der Waals surface area contributed by atoms with Gasteiger partial charge < -0.3 is 11.1 Å². The molecule has 0 spiro atoms. The van der Waals surface area contributed by atoms with Crippen molar-refractivity contribution in [2.75, 3.05) is 11.1 Å². The molecule has 0 unspecified atom stereocenters. The highest BCUT2D eigenvalue weighted by molar-refractivity contribution is 9.10. The molecule has 94 valence electrons. The van der Waals surface area contributed by atoms with Gasteiger partial charge in [-0.3, -0.25) is 0 Å². The molecular weight excluding hydrogens is 295 g/mol. The topological polar surface area (TPSA) is 38.0 Å². The summed E-state index contributed by atoms with van der Waals surface area (Å²) >= 11 is 3.47. The Morgan fingerprint density at radius 2 is 1.89 bits per heavy atom. The average Bonchev–Trinajstić information content (AvgIpc) is 2.32. The van der Waals surface area contributed by atoms with E-state index in [9.17, 15) is 4.39 Å². The van der Waals surface area contributed by atoms with Crippen LogP contribution in [0.1, 0.15) is 11.1 Å². The highest BCUT2D eigenvalue weighted by Crippen LogP contribution is 2.30. The number of hydrogen-bond donors (Lipinski definition) is 2. The van der Waals surface area contributed by atoms with Gasteiger partial charge in [-0.25, -0.2) is 4.39 Å². The molecule has 2 aromatic carbocycles. The van der Waals surface area contributed by atoms with Crippen LogP contribution >= 0.6 is 15.9 Å². The van der Waals surface area contributed by atoms with Crippen molar-refractivity contribution in [3.63, 3.8) is 0 Å². The van der Waals surface area contributed by atoms with E-state index in [-0.39, 0.29) is 5.82 Å². The molecule has 2 aromatic rings. The first-order chi connectivity index (χ1) is 8.49. The number of nitrogen functional groups attached to an aromatic ring is 1. The van der Waals surface area contributed by atoms with Crippen molar-refractivity contribution in [1.29, 1.82) is 0 Å². The Kier molecular flexibility index (Phi) is 3.57. The van der Waals surface area contributed by atoms with Crippen LogP contribution in [0.2, 0.25) is 0 Å². The summed E-state index contributed by atoms with van der Waals surface area (Å²) in [6.45, 7) is 3.71. The quantitative estimate of drug-likeness (QED) is 0.800. The number of nitrogens with one attached hydrogen (secondary N) is 1. The fourth-order valence-electron chi connectivity index (χ4n) is 1.69. The number of rotatable bonds is 2. The lowest BCUT2D eigenvalue weighted by atomic mass is 10.1. The minimum absolute atomic E-state index is 0.288. The lowest BCUT2D eigenvalue weighted by Crippen LogP contribution is -2.00. The van der Waals surface area contributed by atoms with Crippen LogP contribution in [0.3, 0.4) is 0 Å². The summed E-state index contributed by atoms with van der Waals surface area (Å²) in [4.78, 5) is 0. The Labute approximate surface area is 114 Å². The number of aryl methyl sites for hydroxylation is 1. The number of benzene rings is 2. The predicted molar refractivity (Wildman–Crippen MR) is 77.7 cm³/mol. The Hall–Kier alpha value is -1.55. The molecule has 0 atom stereocenters. The van der Waals surface area contributed by atoms with Gasteiger partial charge in [0.1, 0.15) is 5.82 Å². The van der Waals surface area contributed by atoms with Gasteiger partial charge in [-0.2, -0.15) is 0 Å². The first-order valence-corrected chi connectivity index (χ1v) is 6.36. The summed E-state index contributed by atoms with van der Waals surface area (Å²) in [6, 6.07) is 8.92. The normalized spacial score (nSPS) is 10.4. The molecular formula is C14H14BrFN2. The third-order valence-electron chi connectivity index (χ3n) is 2.87. The molecule has 4 heteroatoms. The van der Waals surface area contributed by atoms with E-state index in [2.05, 4.69) is 21.2 Å². The largest absolute Gasteiger partial charge is 0.397 e. The summed E-state index contributed by atoms with van der Waals surface area (Å²) < 4.78 is 14.3. The molecule has 18 heavy (non-hydrogen) atoms. The second kappa shape index (κ2) is 4.98. The van der Waals surface area contributed by atoms with Crippen molar-refractivity contribution in [2.45, 2.75) is 13.8 Å². The van der Waals surface area contributed by atoms with Gasteiger partial charge in [0, 0.05) is 10.2 Å². The number of anilines is 3.